The Bertz CT molecular complexity index is 712. The fourth-order valence-corrected chi connectivity index (χ4v) is 11.3. The van der Waals surface area contributed by atoms with Crippen molar-refractivity contribution in [2.75, 3.05) is 0 Å². The number of benzene rings is 1. The van der Waals surface area contributed by atoms with Crippen molar-refractivity contribution in [3.8, 4) is 5.69 Å². The van der Waals surface area contributed by atoms with Gasteiger partial charge in [0, 0.05) is 6.07 Å². The van der Waals surface area contributed by atoms with E-state index in [4.69, 9.17) is 4.52 Å². The lowest BCUT2D eigenvalue weighted by atomic mass is 10.3. The SMILES string of the molecule is CC(C)[Si](c1c(=O)o[nH][n+]1-c1ccccc1Br)(C(C)C)C(C)C. The smallest absolute Gasteiger partial charge is 0.283 e. The van der Waals surface area contributed by atoms with Gasteiger partial charge in [-0.15, -0.1) is 0 Å². The molecule has 1 aromatic carbocycles. The lowest BCUT2D eigenvalue weighted by Crippen LogP contribution is -2.71. The lowest BCUT2D eigenvalue weighted by molar-refractivity contribution is -0.655. The van der Waals surface area contributed by atoms with E-state index >= 15 is 0 Å². The van der Waals surface area contributed by atoms with Crippen LogP contribution in [0.1, 0.15) is 41.5 Å². The summed E-state index contributed by atoms with van der Waals surface area (Å²) in [6.45, 7) is 13.4. The van der Waals surface area contributed by atoms with Crippen LogP contribution in [0.15, 0.2) is 38.1 Å². The van der Waals surface area contributed by atoms with Gasteiger partial charge in [0.05, 0.1) is 4.47 Å². The number of hydrogen-bond acceptors (Lipinski definition) is 2. The minimum atomic E-state index is -2.14. The van der Waals surface area contributed by atoms with E-state index in [0.29, 0.717) is 16.6 Å². The van der Waals surface area contributed by atoms with E-state index in [0.717, 1.165) is 15.5 Å². The first-order valence-electron chi connectivity index (χ1n) is 8.13. The van der Waals surface area contributed by atoms with Crippen LogP contribution in [0.3, 0.4) is 0 Å². The molecular formula is C17H26BrN2O2Si+. The van der Waals surface area contributed by atoms with Crippen molar-refractivity contribution in [2.45, 2.75) is 58.2 Å². The van der Waals surface area contributed by atoms with Gasteiger partial charge in [0.15, 0.2) is 8.07 Å². The minimum absolute atomic E-state index is 0.233. The first kappa shape index (κ1) is 18.2. The van der Waals surface area contributed by atoms with Crippen molar-refractivity contribution in [2.24, 2.45) is 0 Å². The van der Waals surface area contributed by atoms with Gasteiger partial charge in [-0.25, -0.2) is 4.79 Å². The largest absolute Gasteiger partial charge is 0.424 e. The Morgan fingerprint density at radius 3 is 2.04 bits per heavy atom. The first-order chi connectivity index (χ1) is 10.7. The molecule has 0 aliphatic carbocycles. The number of aromatic nitrogens is 2. The average Bonchev–Trinajstić information content (AvgIpc) is 2.81. The van der Waals surface area contributed by atoms with E-state index in [1.54, 1.807) is 0 Å². The Morgan fingerprint density at radius 2 is 1.57 bits per heavy atom. The Labute approximate surface area is 147 Å². The summed E-state index contributed by atoms with van der Waals surface area (Å²) in [5, 5.41) is 3.66. The summed E-state index contributed by atoms with van der Waals surface area (Å²) in [5.74, 6) is 0. The molecule has 2 aromatic rings. The third kappa shape index (κ3) is 2.87. The molecule has 1 N–H and O–H groups in total. The molecule has 0 amide bonds. The monoisotopic (exact) mass is 397 g/mol. The van der Waals surface area contributed by atoms with Gasteiger partial charge < -0.3 is 0 Å². The summed E-state index contributed by atoms with van der Waals surface area (Å²) < 4.78 is 8.05. The van der Waals surface area contributed by atoms with Gasteiger partial charge in [0.25, 0.3) is 11.0 Å². The maximum absolute atomic E-state index is 12.7. The number of para-hydroxylation sites is 1. The standard InChI is InChI=1S/C17H25BrN2O2Si/c1-11(2)23(12(3)4,13(5)6)16-17(21)22-19-20(16)15-10-8-7-9-14(15)18/h7-13H,1-6H3/p+1. The van der Waals surface area contributed by atoms with E-state index in [-0.39, 0.29) is 5.63 Å². The topological polar surface area (TPSA) is 49.9 Å². The van der Waals surface area contributed by atoms with Gasteiger partial charge in [-0.2, -0.15) is 0 Å². The van der Waals surface area contributed by atoms with Crippen LogP contribution in [0.25, 0.3) is 5.69 Å². The van der Waals surface area contributed by atoms with Gasteiger partial charge in [-0.1, -0.05) is 53.7 Å². The van der Waals surface area contributed by atoms with Gasteiger partial charge >= 0.3 is 5.63 Å². The molecule has 0 aliphatic heterocycles. The van der Waals surface area contributed by atoms with Gasteiger partial charge in [0.1, 0.15) is 0 Å². The van der Waals surface area contributed by atoms with Crippen LogP contribution in [0.5, 0.6) is 0 Å². The van der Waals surface area contributed by atoms with Crippen LogP contribution < -0.4 is 15.6 Å². The van der Waals surface area contributed by atoms with E-state index in [9.17, 15) is 4.79 Å². The predicted molar refractivity (Wildman–Crippen MR) is 99.2 cm³/mol. The Balaban J connectivity index is 2.84. The second-order valence-corrected chi connectivity index (χ2v) is 13.7. The maximum Gasteiger partial charge on any atom is 0.424 e. The van der Waals surface area contributed by atoms with E-state index in [1.165, 1.54) is 0 Å². The van der Waals surface area contributed by atoms with Crippen LogP contribution in [0.4, 0.5) is 0 Å². The van der Waals surface area contributed by atoms with E-state index in [1.807, 2.05) is 28.9 Å². The zero-order valence-corrected chi connectivity index (χ0v) is 17.3. The second-order valence-electron chi connectivity index (χ2n) is 7.01. The molecule has 2 rings (SSSR count). The fourth-order valence-electron chi connectivity index (χ4n) is 4.27. The molecule has 0 aliphatic rings. The van der Waals surface area contributed by atoms with Gasteiger partial charge in [-0.05, 0) is 48.6 Å². The van der Waals surface area contributed by atoms with E-state index < -0.39 is 8.07 Å². The highest BCUT2D eigenvalue weighted by molar-refractivity contribution is 9.10. The summed E-state index contributed by atoms with van der Waals surface area (Å²) in [4.78, 5) is 12.7. The van der Waals surface area contributed by atoms with Crippen LogP contribution in [0, 0.1) is 0 Å². The summed E-state index contributed by atoms with van der Waals surface area (Å²) in [7, 11) is -2.14. The number of H-pyrrole nitrogens is 1. The molecule has 0 atom stereocenters. The number of nitrogens with zero attached hydrogens (tertiary/aromatic N) is 1. The molecule has 0 fully saturated rings. The number of halogens is 1. The second kappa shape index (κ2) is 6.77. The van der Waals surface area contributed by atoms with Gasteiger partial charge in [-0.3, -0.25) is 4.52 Å². The number of rotatable bonds is 5. The zero-order chi connectivity index (χ0) is 17.4. The van der Waals surface area contributed by atoms with Crippen molar-refractivity contribution < 1.29 is 9.20 Å². The summed E-state index contributed by atoms with van der Waals surface area (Å²) in [5.41, 5.74) is 1.95. The average molecular weight is 398 g/mol. The molecule has 6 heteroatoms. The highest BCUT2D eigenvalue weighted by Crippen LogP contribution is 2.39. The van der Waals surface area contributed by atoms with Crippen LogP contribution in [0.2, 0.25) is 16.6 Å². The zero-order valence-electron chi connectivity index (χ0n) is 14.7. The molecule has 23 heavy (non-hydrogen) atoms. The molecule has 0 radical (unpaired) electrons. The molecule has 0 unspecified atom stereocenters. The Morgan fingerprint density at radius 1 is 1.04 bits per heavy atom. The van der Waals surface area contributed by atoms with Crippen LogP contribution in [-0.2, 0) is 0 Å². The highest BCUT2D eigenvalue weighted by Gasteiger charge is 2.55. The number of aromatic amines is 1. The quantitative estimate of drug-likeness (QED) is 0.614. The minimum Gasteiger partial charge on any atom is -0.283 e. The molecule has 0 saturated carbocycles. The summed E-state index contributed by atoms with van der Waals surface area (Å²) >= 11 is 3.59. The molecule has 0 bridgehead atoms. The van der Waals surface area contributed by atoms with Crippen LogP contribution >= 0.6 is 15.9 Å². The highest BCUT2D eigenvalue weighted by atomic mass is 79.9. The molecule has 0 spiro atoms. The number of hydrogen-bond donors (Lipinski definition) is 1. The Kier molecular flexibility index (Phi) is 5.36. The first-order valence-corrected chi connectivity index (χ1v) is 11.2. The van der Waals surface area contributed by atoms with Crippen molar-refractivity contribution >= 4 is 29.3 Å². The van der Waals surface area contributed by atoms with Crippen LogP contribution in [-0.4, -0.2) is 13.3 Å². The van der Waals surface area contributed by atoms with Gasteiger partial charge in [0.2, 0.25) is 0 Å². The summed E-state index contributed by atoms with van der Waals surface area (Å²) in [6.07, 6.45) is 0. The maximum atomic E-state index is 12.7. The summed E-state index contributed by atoms with van der Waals surface area (Å²) in [6, 6.07) is 7.88. The van der Waals surface area contributed by atoms with Crippen molar-refractivity contribution in [1.29, 1.82) is 0 Å². The van der Waals surface area contributed by atoms with E-state index in [2.05, 4.69) is 62.7 Å². The van der Waals surface area contributed by atoms with Crippen molar-refractivity contribution in [1.82, 2.24) is 5.27 Å². The normalized spacial score (nSPS) is 12.6. The number of nitrogens with one attached hydrogen (secondary N) is 1. The molecule has 1 aromatic heterocycles. The molecule has 126 valence electrons. The van der Waals surface area contributed by atoms with Crippen molar-refractivity contribution in [3.63, 3.8) is 0 Å². The Hall–Kier alpha value is -1.14. The third-order valence-electron chi connectivity index (χ3n) is 5.02. The molecule has 0 saturated heterocycles. The molecular weight excluding hydrogens is 372 g/mol. The third-order valence-corrected chi connectivity index (χ3v) is 12.7. The van der Waals surface area contributed by atoms with Crippen molar-refractivity contribution in [3.05, 3.63) is 39.2 Å². The fraction of sp³-hybridized carbons (Fsp3) is 0.529. The molecule has 4 nitrogen and oxygen atoms in total. The molecule has 1 heterocycles. The predicted octanol–water partition coefficient (Wildman–Crippen LogP) is 3.89. The lowest BCUT2D eigenvalue weighted by Gasteiger charge is -2.37.